The summed E-state index contributed by atoms with van der Waals surface area (Å²) in [4.78, 5) is 13.2. The average Bonchev–Trinajstić information content (AvgIpc) is 2.38. The zero-order valence-electron chi connectivity index (χ0n) is 12.1. The van der Waals surface area contributed by atoms with Gasteiger partial charge in [0.1, 0.15) is 0 Å². The lowest BCUT2D eigenvalue weighted by molar-refractivity contribution is -0.118. The Kier molecular flexibility index (Phi) is 11.0. The number of hydrogen-bond donors (Lipinski definition) is 1. The highest BCUT2D eigenvalue weighted by Gasteiger charge is 2.04. The van der Waals surface area contributed by atoms with Crippen LogP contribution in [0.15, 0.2) is 18.2 Å². The normalized spacial score (nSPS) is 10.2. The molecule has 20 heavy (non-hydrogen) atoms. The van der Waals surface area contributed by atoms with E-state index >= 15 is 0 Å². The number of hydrogen-bond acceptors (Lipinski definition) is 2. The molecule has 0 fully saturated rings. The number of rotatable bonds is 7. The van der Waals surface area contributed by atoms with Gasteiger partial charge in [-0.3, -0.25) is 4.79 Å². The summed E-state index contributed by atoms with van der Waals surface area (Å²) in [7, 11) is 2.04. The maximum atomic E-state index is 11.0. The van der Waals surface area contributed by atoms with Crippen LogP contribution in [0.5, 0.6) is 0 Å². The number of carbonyl (C=O) groups is 1. The van der Waals surface area contributed by atoms with E-state index in [4.69, 9.17) is 23.2 Å². The molecule has 0 unspecified atom stereocenters. The summed E-state index contributed by atoms with van der Waals surface area (Å²) >= 11 is 15.0. The van der Waals surface area contributed by atoms with Crippen molar-refractivity contribution in [3.63, 3.8) is 0 Å². The van der Waals surface area contributed by atoms with Crippen LogP contribution in [0.4, 0.5) is 0 Å². The van der Waals surface area contributed by atoms with E-state index in [1.165, 1.54) is 0 Å². The summed E-state index contributed by atoms with van der Waals surface area (Å²) in [5.41, 5.74) is 1.13. The molecule has 1 N–H and O–H groups in total. The zero-order valence-corrected chi connectivity index (χ0v) is 15.8. The van der Waals surface area contributed by atoms with Crippen molar-refractivity contribution in [3.8, 4) is 0 Å². The van der Waals surface area contributed by atoms with Crippen LogP contribution in [0.25, 0.3) is 0 Å². The Bertz CT molecular complexity index is 439. The van der Waals surface area contributed by atoms with Gasteiger partial charge in [-0.05, 0) is 37.7 Å². The fourth-order valence-corrected chi connectivity index (χ4v) is 2.17. The summed E-state index contributed by atoms with van der Waals surface area (Å²) in [6.45, 7) is 2.40. The second kappa shape index (κ2) is 10.9. The van der Waals surface area contributed by atoms with Crippen LogP contribution in [0.3, 0.4) is 0 Å². The van der Waals surface area contributed by atoms with Crippen molar-refractivity contribution in [3.05, 3.63) is 33.8 Å². The quantitative estimate of drug-likeness (QED) is 0.485. The molecule has 0 saturated carbocycles. The fraction of sp³-hybridized carbons (Fsp3) is 0.462. The Hall–Kier alpha value is 0.190. The minimum Gasteiger partial charge on any atom is -1.00 e. The summed E-state index contributed by atoms with van der Waals surface area (Å²) < 4.78 is 0. The van der Waals surface area contributed by atoms with Crippen molar-refractivity contribution in [2.45, 2.75) is 13.0 Å². The maximum absolute atomic E-state index is 11.0. The SMILES string of the molecule is CN(CCCNC(=O)CBr)Cc1ccc(Cl)c(Cl)c1.[Br-].[H+]. The second-order valence-corrected chi connectivity index (χ2v) is 5.70. The molecule has 0 atom stereocenters. The van der Waals surface area contributed by atoms with E-state index in [9.17, 15) is 4.79 Å². The molecule has 0 aliphatic heterocycles. The van der Waals surface area contributed by atoms with Crippen molar-refractivity contribution in [1.29, 1.82) is 0 Å². The molecular weight excluding hydrogens is 431 g/mol. The highest BCUT2D eigenvalue weighted by molar-refractivity contribution is 9.09. The van der Waals surface area contributed by atoms with Crippen molar-refractivity contribution >= 4 is 45.0 Å². The Balaban J connectivity index is 0. The van der Waals surface area contributed by atoms with Gasteiger partial charge in [-0.1, -0.05) is 45.2 Å². The Labute approximate surface area is 150 Å². The zero-order chi connectivity index (χ0) is 14.3. The van der Waals surface area contributed by atoms with Gasteiger partial charge in [0.05, 0.1) is 15.4 Å². The Morgan fingerprint density at radius 1 is 1.40 bits per heavy atom. The molecule has 1 aromatic rings. The minimum atomic E-state index is 0. The van der Waals surface area contributed by atoms with Gasteiger partial charge in [0, 0.05) is 13.1 Å². The van der Waals surface area contributed by atoms with Gasteiger partial charge in [0.15, 0.2) is 0 Å². The molecule has 0 spiro atoms. The number of nitrogens with zero attached hydrogens (tertiary/aromatic N) is 1. The molecule has 0 bridgehead atoms. The molecule has 114 valence electrons. The molecule has 1 aromatic carbocycles. The topological polar surface area (TPSA) is 32.3 Å². The lowest BCUT2D eigenvalue weighted by Gasteiger charge is -2.17. The first kappa shape index (κ1) is 20.2. The van der Waals surface area contributed by atoms with E-state index in [2.05, 4.69) is 26.1 Å². The third-order valence-corrected chi connectivity index (χ3v) is 3.84. The van der Waals surface area contributed by atoms with E-state index < -0.39 is 0 Å². The highest BCUT2D eigenvalue weighted by atomic mass is 79.9. The van der Waals surface area contributed by atoms with Crippen LogP contribution in [0, 0.1) is 0 Å². The van der Waals surface area contributed by atoms with E-state index in [0.29, 0.717) is 21.9 Å². The van der Waals surface area contributed by atoms with Gasteiger partial charge in [-0.2, -0.15) is 0 Å². The number of nitrogens with one attached hydrogen (secondary N) is 1. The first-order chi connectivity index (χ1) is 9.02. The maximum Gasteiger partial charge on any atom is 1.00 e. The lowest BCUT2D eigenvalue weighted by atomic mass is 10.2. The van der Waals surface area contributed by atoms with Gasteiger partial charge >= 0.3 is 1.43 Å². The van der Waals surface area contributed by atoms with Crippen LogP contribution in [-0.4, -0.2) is 36.3 Å². The first-order valence-electron chi connectivity index (χ1n) is 5.98. The smallest absolute Gasteiger partial charge is 1.00 e. The first-order valence-corrected chi connectivity index (χ1v) is 7.86. The van der Waals surface area contributed by atoms with Crippen LogP contribution < -0.4 is 22.3 Å². The number of halogens is 4. The molecule has 1 amide bonds. The standard InChI is InChI=1S/C13H17BrCl2N2O.BrH/c1-18(6-2-5-17-13(19)8-14)9-10-3-4-11(15)12(16)7-10;/h3-4,7H,2,5-6,8-9H2,1H3,(H,17,19);1H. The van der Waals surface area contributed by atoms with Gasteiger partial charge in [-0.25, -0.2) is 0 Å². The Morgan fingerprint density at radius 3 is 2.70 bits per heavy atom. The fourth-order valence-electron chi connectivity index (χ4n) is 1.65. The van der Waals surface area contributed by atoms with Crippen LogP contribution >= 0.6 is 39.1 Å². The summed E-state index contributed by atoms with van der Waals surface area (Å²) in [5, 5.41) is 4.33. The van der Waals surface area contributed by atoms with E-state index in [-0.39, 0.29) is 24.3 Å². The minimum absolute atomic E-state index is 0. The second-order valence-electron chi connectivity index (χ2n) is 4.32. The van der Waals surface area contributed by atoms with Crippen molar-refractivity contribution in [2.75, 3.05) is 25.5 Å². The Morgan fingerprint density at radius 2 is 2.10 bits per heavy atom. The van der Waals surface area contributed by atoms with Crippen LogP contribution in [0.1, 0.15) is 13.4 Å². The molecule has 7 heteroatoms. The molecule has 0 heterocycles. The molecule has 0 aliphatic carbocycles. The summed E-state index contributed by atoms with van der Waals surface area (Å²) in [6.07, 6.45) is 0.913. The molecule has 0 saturated heterocycles. The average molecular weight is 449 g/mol. The van der Waals surface area contributed by atoms with Crippen LogP contribution in [0.2, 0.25) is 10.0 Å². The molecular formula is C13H18Br2Cl2N2O. The van der Waals surface area contributed by atoms with Crippen LogP contribution in [-0.2, 0) is 11.3 Å². The lowest BCUT2D eigenvalue weighted by Crippen LogP contribution is -3.00. The molecule has 0 aliphatic rings. The van der Waals surface area contributed by atoms with Gasteiger partial charge in [-0.15, -0.1) is 0 Å². The number of alkyl halides is 1. The van der Waals surface area contributed by atoms with E-state index in [1.54, 1.807) is 0 Å². The number of amides is 1. The van der Waals surface area contributed by atoms with Gasteiger partial charge in [0.2, 0.25) is 5.91 Å². The largest absolute Gasteiger partial charge is 1.00 e. The van der Waals surface area contributed by atoms with Crippen molar-refractivity contribution in [2.24, 2.45) is 0 Å². The molecule has 0 radical (unpaired) electrons. The van der Waals surface area contributed by atoms with Gasteiger partial charge < -0.3 is 27.2 Å². The predicted octanol–water partition coefficient (Wildman–Crippen LogP) is 0.443. The van der Waals surface area contributed by atoms with Crippen molar-refractivity contribution in [1.82, 2.24) is 10.2 Å². The highest BCUT2D eigenvalue weighted by Crippen LogP contribution is 2.23. The molecule has 0 aromatic heterocycles. The number of benzene rings is 1. The summed E-state index contributed by atoms with van der Waals surface area (Å²) in [5.74, 6) is 0.0205. The molecule has 3 nitrogen and oxygen atoms in total. The number of carbonyl (C=O) groups excluding carboxylic acids is 1. The predicted molar refractivity (Wildman–Crippen MR) is 85.3 cm³/mol. The van der Waals surface area contributed by atoms with E-state index in [0.717, 1.165) is 25.1 Å². The van der Waals surface area contributed by atoms with Crippen molar-refractivity contribution < 1.29 is 23.2 Å². The third kappa shape index (κ3) is 7.84. The third-order valence-electron chi connectivity index (χ3n) is 2.60. The molecule has 1 rings (SSSR count). The monoisotopic (exact) mass is 446 g/mol. The van der Waals surface area contributed by atoms with Gasteiger partial charge in [0.25, 0.3) is 0 Å². The van der Waals surface area contributed by atoms with E-state index in [1.807, 2.05) is 25.2 Å². The summed E-state index contributed by atoms with van der Waals surface area (Å²) in [6, 6.07) is 5.66.